The molecule has 0 bridgehead atoms. The van der Waals surface area contributed by atoms with Crippen LogP contribution in [0.25, 0.3) is 0 Å². The van der Waals surface area contributed by atoms with Gasteiger partial charge in [0.15, 0.2) is 0 Å². The van der Waals surface area contributed by atoms with Gasteiger partial charge in [-0.25, -0.2) is 0 Å². The monoisotopic (exact) mass is 280 g/mol. The molecule has 5 heteroatoms. The summed E-state index contributed by atoms with van der Waals surface area (Å²) in [6.45, 7) is 5.58. The lowest BCUT2D eigenvalue weighted by Gasteiger charge is -2.41. The molecule has 0 aromatic heterocycles. The van der Waals surface area contributed by atoms with Crippen molar-refractivity contribution in [2.45, 2.75) is 38.9 Å². The van der Waals surface area contributed by atoms with Gasteiger partial charge in [-0.15, -0.1) is 0 Å². The maximum absolute atomic E-state index is 12.4. The SMILES string of the molecule is CC1C(=O)NC(C)(C)C(=O)N1Cc1ccc(Cl)cc1. The lowest BCUT2D eigenvalue weighted by Crippen LogP contribution is -2.66. The van der Waals surface area contributed by atoms with E-state index in [1.165, 1.54) is 0 Å². The zero-order valence-corrected chi connectivity index (χ0v) is 12.0. The van der Waals surface area contributed by atoms with E-state index in [9.17, 15) is 9.59 Å². The highest BCUT2D eigenvalue weighted by molar-refractivity contribution is 6.30. The van der Waals surface area contributed by atoms with Crippen LogP contribution < -0.4 is 5.32 Å². The van der Waals surface area contributed by atoms with Crippen molar-refractivity contribution in [3.05, 3.63) is 34.9 Å². The summed E-state index contributed by atoms with van der Waals surface area (Å²) in [7, 11) is 0. The fraction of sp³-hybridized carbons (Fsp3) is 0.429. The van der Waals surface area contributed by atoms with Crippen LogP contribution in [0.5, 0.6) is 0 Å². The number of halogens is 1. The van der Waals surface area contributed by atoms with E-state index >= 15 is 0 Å². The van der Waals surface area contributed by atoms with Crippen molar-refractivity contribution in [1.29, 1.82) is 0 Å². The van der Waals surface area contributed by atoms with Crippen LogP contribution in [0.3, 0.4) is 0 Å². The second kappa shape index (κ2) is 4.85. The van der Waals surface area contributed by atoms with E-state index < -0.39 is 11.6 Å². The van der Waals surface area contributed by atoms with Crippen molar-refractivity contribution < 1.29 is 9.59 Å². The molecule has 1 aliphatic rings. The number of piperazine rings is 1. The molecule has 1 fully saturated rings. The highest BCUT2D eigenvalue weighted by Crippen LogP contribution is 2.21. The molecule has 102 valence electrons. The molecule has 1 atom stereocenters. The molecule has 4 nitrogen and oxygen atoms in total. The number of nitrogens with one attached hydrogen (secondary N) is 1. The number of benzene rings is 1. The Morgan fingerprint density at radius 2 is 1.84 bits per heavy atom. The van der Waals surface area contributed by atoms with Gasteiger partial charge in [0.2, 0.25) is 11.8 Å². The number of carbonyl (C=O) groups is 2. The summed E-state index contributed by atoms with van der Waals surface area (Å²) < 4.78 is 0. The minimum absolute atomic E-state index is 0.0745. The molecule has 1 saturated heterocycles. The van der Waals surface area contributed by atoms with Crippen molar-refractivity contribution in [3.8, 4) is 0 Å². The van der Waals surface area contributed by atoms with Crippen molar-refractivity contribution in [2.75, 3.05) is 0 Å². The molecule has 2 rings (SSSR count). The van der Waals surface area contributed by atoms with E-state index in [-0.39, 0.29) is 11.8 Å². The van der Waals surface area contributed by atoms with Gasteiger partial charge in [-0.1, -0.05) is 23.7 Å². The first-order chi connectivity index (χ1) is 8.81. The van der Waals surface area contributed by atoms with Crippen molar-refractivity contribution in [1.82, 2.24) is 10.2 Å². The van der Waals surface area contributed by atoms with Crippen LogP contribution in [-0.4, -0.2) is 28.3 Å². The molecule has 1 aromatic carbocycles. The fourth-order valence-electron chi connectivity index (χ4n) is 2.14. The second-order valence-corrected chi connectivity index (χ2v) is 5.79. The molecule has 0 spiro atoms. The van der Waals surface area contributed by atoms with Gasteiger partial charge in [0.05, 0.1) is 0 Å². The zero-order valence-electron chi connectivity index (χ0n) is 11.2. The Morgan fingerprint density at radius 3 is 2.42 bits per heavy atom. The molecule has 19 heavy (non-hydrogen) atoms. The third-order valence-electron chi connectivity index (χ3n) is 3.34. The van der Waals surface area contributed by atoms with Crippen LogP contribution >= 0.6 is 11.6 Å². The highest BCUT2D eigenvalue weighted by Gasteiger charge is 2.43. The standard InChI is InChI=1S/C14H17ClN2O2/c1-9-12(18)16-14(2,3)13(19)17(9)8-10-4-6-11(15)7-5-10/h4-7,9H,8H2,1-3H3,(H,16,18). The molecule has 1 aliphatic heterocycles. The Kier molecular flexibility index (Phi) is 3.54. The molecule has 2 amide bonds. The number of hydrogen-bond donors (Lipinski definition) is 1. The Morgan fingerprint density at radius 1 is 1.26 bits per heavy atom. The van der Waals surface area contributed by atoms with Crippen LogP contribution in [-0.2, 0) is 16.1 Å². The van der Waals surface area contributed by atoms with Crippen LogP contribution in [0.1, 0.15) is 26.3 Å². The maximum Gasteiger partial charge on any atom is 0.248 e. The van der Waals surface area contributed by atoms with E-state index in [1.807, 2.05) is 12.1 Å². The van der Waals surface area contributed by atoms with Gasteiger partial charge in [0, 0.05) is 11.6 Å². The quantitative estimate of drug-likeness (QED) is 0.900. The Bertz CT molecular complexity index is 511. The highest BCUT2D eigenvalue weighted by atomic mass is 35.5. The Hall–Kier alpha value is -1.55. The predicted octanol–water partition coefficient (Wildman–Crippen LogP) is 1.97. The molecule has 0 saturated carbocycles. The van der Waals surface area contributed by atoms with Gasteiger partial charge in [-0.05, 0) is 38.5 Å². The Labute approximate surface area is 117 Å². The molecule has 1 heterocycles. The summed E-state index contributed by atoms with van der Waals surface area (Å²) in [5.41, 5.74) is 0.103. The average Bonchev–Trinajstić information content (AvgIpc) is 2.34. The summed E-state index contributed by atoms with van der Waals surface area (Å²) >= 11 is 5.84. The maximum atomic E-state index is 12.4. The van der Waals surface area contributed by atoms with Crippen LogP contribution in [0, 0.1) is 0 Å². The van der Waals surface area contributed by atoms with E-state index in [4.69, 9.17) is 11.6 Å². The minimum atomic E-state index is -0.851. The van der Waals surface area contributed by atoms with Gasteiger partial charge < -0.3 is 10.2 Å². The van der Waals surface area contributed by atoms with Gasteiger partial charge in [0.1, 0.15) is 11.6 Å². The van der Waals surface area contributed by atoms with Gasteiger partial charge in [0.25, 0.3) is 0 Å². The molecule has 1 aromatic rings. The van der Waals surface area contributed by atoms with E-state index in [0.717, 1.165) is 5.56 Å². The van der Waals surface area contributed by atoms with Crippen LogP contribution in [0.15, 0.2) is 24.3 Å². The lowest BCUT2D eigenvalue weighted by molar-refractivity contribution is -0.153. The van der Waals surface area contributed by atoms with Gasteiger partial charge >= 0.3 is 0 Å². The molecule has 0 radical (unpaired) electrons. The van der Waals surface area contributed by atoms with Crippen molar-refractivity contribution in [2.24, 2.45) is 0 Å². The third kappa shape index (κ3) is 2.73. The average molecular weight is 281 g/mol. The largest absolute Gasteiger partial charge is 0.340 e. The normalized spacial score (nSPS) is 22.3. The second-order valence-electron chi connectivity index (χ2n) is 5.35. The van der Waals surface area contributed by atoms with E-state index in [1.54, 1.807) is 37.8 Å². The predicted molar refractivity (Wildman–Crippen MR) is 73.7 cm³/mol. The fourth-order valence-corrected chi connectivity index (χ4v) is 2.26. The molecular formula is C14H17ClN2O2. The summed E-state index contributed by atoms with van der Waals surface area (Å²) in [5, 5.41) is 3.38. The lowest BCUT2D eigenvalue weighted by atomic mass is 9.97. The first-order valence-corrected chi connectivity index (χ1v) is 6.56. The summed E-state index contributed by atoms with van der Waals surface area (Å²) in [6, 6.07) is 6.82. The first kappa shape index (κ1) is 13.9. The number of nitrogens with zero attached hydrogens (tertiary/aromatic N) is 1. The molecule has 1 unspecified atom stereocenters. The minimum Gasteiger partial charge on any atom is -0.340 e. The first-order valence-electron chi connectivity index (χ1n) is 6.19. The zero-order chi connectivity index (χ0) is 14.2. The van der Waals surface area contributed by atoms with Gasteiger partial charge in [-0.2, -0.15) is 0 Å². The van der Waals surface area contributed by atoms with Crippen molar-refractivity contribution in [3.63, 3.8) is 0 Å². The molecule has 1 N–H and O–H groups in total. The van der Waals surface area contributed by atoms with E-state index in [0.29, 0.717) is 11.6 Å². The Balaban J connectivity index is 2.23. The molecular weight excluding hydrogens is 264 g/mol. The smallest absolute Gasteiger partial charge is 0.248 e. The van der Waals surface area contributed by atoms with Gasteiger partial charge in [-0.3, -0.25) is 9.59 Å². The molecule has 0 aliphatic carbocycles. The van der Waals surface area contributed by atoms with Crippen LogP contribution in [0.2, 0.25) is 5.02 Å². The number of rotatable bonds is 2. The third-order valence-corrected chi connectivity index (χ3v) is 3.60. The number of amides is 2. The summed E-state index contributed by atoms with van der Waals surface area (Å²) in [5.74, 6) is -0.201. The number of carbonyl (C=O) groups excluding carboxylic acids is 2. The van der Waals surface area contributed by atoms with Crippen molar-refractivity contribution >= 4 is 23.4 Å². The number of hydrogen-bond acceptors (Lipinski definition) is 2. The summed E-state index contributed by atoms with van der Waals surface area (Å²) in [6.07, 6.45) is 0. The van der Waals surface area contributed by atoms with E-state index in [2.05, 4.69) is 5.32 Å². The summed E-state index contributed by atoms with van der Waals surface area (Å²) in [4.78, 5) is 25.8. The topological polar surface area (TPSA) is 49.4 Å². The van der Waals surface area contributed by atoms with Crippen LogP contribution in [0.4, 0.5) is 0 Å².